The second-order valence-corrected chi connectivity index (χ2v) is 6.68. The largest absolute Gasteiger partial charge is 0.493 e. The number of rotatable bonds is 11. The highest BCUT2D eigenvalue weighted by atomic mass is 32.1. The second kappa shape index (κ2) is 10.8. The SMILES string of the molecule is C=CC(=O)OCCCCCCCCOc1cc(=S)n(C)c2ccccc12. The Labute approximate surface area is 160 Å². The molecule has 4 nitrogen and oxygen atoms in total. The maximum absolute atomic E-state index is 10.9. The summed E-state index contributed by atoms with van der Waals surface area (Å²) in [5, 5.41) is 1.10. The third-order valence-electron chi connectivity index (χ3n) is 4.32. The average molecular weight is 374 g/mol. The zero-order valence-corrected chi connectivity index (χ0v) is 16.2. The fourth-order valence-electron chi connectivity index (χ4n) is 2.82. The number of para-hydroxylation sites is 1. The first-order chi connectivity index (χ1) is 12.6. The summed E-state index contributed by atoms with van der Waals surface area (Å²) in [6, 6.07) is 10.1. The molecule has 140 valence electrons. The maximum Gasteiger partial charge on any atom is 0.330 e. The van der Waals surface area contributed by atoms with Gasteiger partial charge in [0.1, 0.15) is 10.4 Å². The molecule has 0 spiro atoms. The summed E-state index contributed by atoms with van der Waals surface area (Å²) in [6.45, 7) is 4.55. The van der Waals surface area contributed by atoms with Crippen molar-refractivity contribution in [3.05, 3.63) is 47.6 Å². The van der Waals surface area contributed by atoms with Gasteiger partial charge in [0.25, 0.3) is 0 Å². The molecule has 0 N–H and O–H groups in total. The highest BCUT2D eigenvalue weighted by Gasteiger charge is 2.05. The van der Waals surface area contributed by atoms with Crippen LogP contribution in [0.15, 0.2) is 43.0 Å². The number of aromatic nitrogens is 1. The Balaban J connectivity index is 1.66. The number of nitrogens with zero attached hydrogens (tertiary/aromatic N) is 1. The third-order valence-corrected chi connectivity index (χ3v) is 4.71. The molecule has 26 heavy (non-hydrogen) atoms. The number of esters is 1. The molecule has 2 aromatic rings. The summed E-state index contributed by atoms with van der Waals surface area (Å²) < 4.78 is 13.7. The van der Waals surface area contributed by atoms with E-state index in [-0.39, 0.29) is 5.97 Å². The van der Waals surface area contributed by atoms with Crippen LogP contribution in [0.2, 0.25) is 0 Å². The topological polar surface area (TPSA) is 40.5 Å². The van der Waals surface area contributed by atoms with Gasteiger partial charge in [-0.05, 0) is 25.0 Å². The van der Waals surface area contributed by atoms with E-state index in [1.807, 2.05) is 29.8 Å². The summed E-state index contributed by atoms with van der Waals surface area (Å²) in [7, 11) is 1.98. The highest BCUT2D eigenvalue weighted by Crippen LogP contribution is 2.26. The minimum Gasteiger partial charge on any atom is -0.493 e. The molecular weight excluding hydrogens is 346 g/mol. The minimum atomic E-state index is -0.341. The lowest BCUT2D eigenvalue weighted by Crippen LogP contribution is -2.02. The van der Waals surface area contributed by atoms with Crippen LogP contribution in [0, 0.1) is 4.64 Å². The zero-order chi connectivity index (χ0) is 18.8. The van der Waals surface area contributed by atoms with Crippen molar-refractivity contribution in [1.82, 2.24) is 4.57 Å². The Morgan fingerprint density at radius 3 is 2.50 bits per heavy atom. The molecule has 0 aliphatic rings. The zero-order valence-electron chi connectivity index (χ0n) is 15.4. The predicted molar refractivity (Wildman–Crippen MR) is 108 cm³/mol. The van der Waals surface area contributed by atoms with Crippen LogP contribution in [0.3, 0.4) is 0 Å². The van der Waals surface area contributed by atoms with Gasteiger partial charge in [-0.15, -0.1) is 0 Å². The van der Waals surface area contributed by atoms with Gasteiger partial charge in [0.15, 0.2) is 0 Å². The van der Waals surface area contributed by atoms with E-state index in [0.717, 1.165) is 59.8 Å². The molecular formula is C21H27NO3S. The molecule has 0 bridgehead atoms. The summed E-state index contributed by atoms with van der Waals surface area (Å²) in [5.74, 6) is 0.527. The lowest BCUT2D eigenvalue weighted by molar-refractivity contribution is -0.137. The van der Waals surface area contributed by atoms with E-state index in [9.17, 15) is 4.79 Å². The quantitative estimate of drug-likeness (QED) is 0.230. The van der Waals surface area contributed by atoms with E-state index in [1.165, 1.54) is 6.08 Å². The molecule has 2 rings (SSSR count). The first-order valence-electron chi connectivity index (χ1n) is 9.14. The first kappa shape index (κ1) is 20.2. The normalized spacial score (nSPS) is 10.7. The number of carbonyl (C=O) groups is 1. The van der Waals surface area contributed by atoms with E-state index in [2.05, 4.69) is 18.7 Å². The van der Waals surface area contributed by atoms with Gasteiger partial charge in [0.05, 0.1) is 18.7 Å². The molecule has 0 unspecified atom stereocenters. The number of ether oxygens (including phenoxy) is 2. The van der Waals surface area contributed by atoms with Gasteiger partial charge in [-0.1, -0.05) is 56.6 Å². The van der Waals surface area contributed by atoms with Gasteiger partial charge in [-0.2, -0.15) is 0 Å². The Morgan fingerprint density at radius 1 is 1.12 bits per heavy atom. The van der Waals surface area contributed by atoms with E-state index < -0.39 is 0 Å². The smallest absolute Gasteiger partial charge is 0.330 e. The first-order valence-corrected chi connectivity index (χ1v) is 9.55. The van der Waals surface area contributed by atoms with E-state index in [0.29, 0.717) is 13.2 Å². The van der Waals surface area contributed by atoms with Gasteiger partial charge < -0.3 is 14.0 Å². The van der Waals surface area contributed by atoms with Gasteiger partial charge in [-0.25, -0.2) is 4.79 Å². The molecule has 0 aliphatic heterocycles. The lowest BCUT2D eigenvalue weighted by Gasteiger charge is -2.12. The monoisotopic (exact) mass is 373 g/mol. The van der Waals surface area contributed by atoms with Gasteiger partial charge in [-0.3, -0.25) is 0 Å². The molecule has 1 aromatic heterocycles. The van der Waals surface area contributed by atoms with Gasteiger partial charge >= 0.3 is 5.97 Å². The van der Waals surface area contributed by atoms with Crippen molar-refractivity contribution in [2.24, 2.45) is 7.05 Å². The van der Waals surface area contributed by atoms with Crippen molar-refractivity contribution in [2.45, 2.75) is 38.5 Å². The molecule has 1 heterocycles. The lowest BCUT2D eigenvalue weighted by atomic mass is 10.1. The Bertz CT molecular complexity index is 797. The number of unbranched alkanes of at least 4 members (excludes halogenated alkanes) is 5. The number of hydrogen-bond donors (Lipinski definition) is 0. The van der Waals surface area contributed by atoms with Crippen LogP contribution in [-0.2, 0) is 16.6 Å². The molecule has 0 radical (unpaired) electrons. The van der Waals surface area contributed by atoms with Crippen LogP contribution in [0.1, 0.15) is 38.5 Å². The van der Waals surface area contributed by atoms with Crippen molar-refractivity contribution in [3.63, 3.8) is 0 Å². The van der Waals surface area contributed by atoms with Crippen LogP contribution in [-0.4, -0.2) is 23.8 Å². The van der Waals surface area contributed by atoms with Crippen molar-refractivity contribution < 1.29 is 14.3 Å². The van der Waals surface area contributed by atoms with E-state index in [1.54, 1.807) is 0 Å². The number of fused-ring (bicyclic) bond motifs is 1. The summed E-state index contributed by atoms with van der Waals surface area (Å²) in [6.07, 6.45) is 7.64. The Morgan fingerprint density at radius 2 is 1.77 bits per heavy atom. The number of benzene rings is 1. The van der Waals surface area contributed by atoms with Crippen LogP contribution in [0.25, 0.3) is 10.9 Å². The van der Waals surface area contributed by atoms with Gasteiger partial charge in [0, 0.05) is 24.6 Å². The maximum atomic E-state index is 10.9. The van der Waals surface area contributed by atoms with Crippen molar-refractivity contribution >= 4 is 29.1 Å². The molecule has 0 atom stereocenters. The fourth-order valence-corrected chi connectivity index (χ4v) is 3.03. The number of hydrogen-bond acceptors (Lipinski definition) is 4. The molecule has 0 amide bonds. The standard InChI is InChI=1S/C21H27NO3S/c1-3-21(23)25-15-11-7-5-4-6-10-14-24-19-16-20(26)22(2)18-13-9-8-12-17(18)19/h3,8-9,12-13,16H,1,4-7,10-11,14-15H2,2H3. The number of pyridine rings is 1. The summed E-state index contributed by atoms with van der Waals surface area (Å²) >= 11 is 5.41. The molecule has 1 aromatic carbocycles. The summed E-state index contributed by atoms with van der Waals surface area (Å²) in [5.41, 5.74) is 1.09. The Hall–Kier alpha value is -2.14. The molecule has 0 fully saturated rings. The minimum absolute atomic E-state index is 0.341. The van der Waals surface area contributed by atoms with Crippen molar-refractivity contribution in [3.8, 4) is 5.75 Å². The molecule has 0 aliphatic carbocycles. The number of carbonyl (C=O) groups excluding carboxylic acids is 1. The number of aryl methyl sites for hydroxylation is 1. The van der Waals surface area contributed by atoms with Crippen LogP contribution in [0.5, 0.6) is 5.75 Å². The molecule has 5 heteroatoms. The second-order valence-electron chi connectivity index (χ2n) is 6.26. The van der Waals surface area contributed by atoms with Crippen LogP contribution in [0.4, 0.5) is 0 Å². The molecule has 0 saturated carbocycles. The van der Waals surface area contributed by atoms with Crippen molar-refractivity contribution in [1.29, 1.82) is 0 Å². The third kappa shape index (κ3) is 5.99. The van der Waals surface area contributed by atoms with Crippen molar-refractivity contribution in [2.75, 3.05) is 13.2 Å². The van der Waals surface area contributed by atoms with Crippen LogP contribution >= 0.6 is 12.2 Å². The average Bonchev–Trinajstić information content (AvgIpc) is 2.66. The summed E-state index contributed by atoms with van der Waals surface area (Å²) in [4.78, 5) is 10.9. The molecule has 0 saturated heterocycles. The van der Waals surface area contributed by atoms with Gasteiger partial charge in [0.2, 0.25) is 0 Å². The van der Waals surface area contributed by atoms with E-state index >= 15 is 0 Å². The van der Waals surface area contributed by atoms with Crippen LogP contribution < -0.4 is 4.74 Å². The highest BCUT2D eigenvalue weighted by molar-refractivity contribution is 7.71. The van der Waals surface area contributed by atoms with E-state index in [4.69, 9.17) is 21.7 Å². The Kier molecular flexibility index (Phi) is 8.35. The predicted octanol–water partition coefficient (Wildman–Crippen LogP) is 5.36. The fraction of sp³-hybridized carbons (Fsp3) is 0.429.